The second kappa shape index (κ2) is 8.69. The van der Waals surface area contributed by atoms with E-state index in [-0.39, 0.29) is 5.92 Å². The summed E-state index contributed by atoms with van der Waals surface area (Å²) in [7, 11) is 0. The first-order valence-electron chi connectivity index (χ1n) is 10.7. The highest BCUT2D eigenvalue weighted by Crippen LogP contribution is 2.33. The molecular weight excluding hydrogens is 322 g/mol. The molecular formula is C22H37N3O. The van der Waals surface area contributed by atoms with E-state index in [0.29, 0.717) is 23.7 Å². The Kier molecular flexibility index (Phi) is 6.55. The highest BCUT2D eigenvalue weighted by atomic mass is 16.1. The quantitative estimate of drug-likeness (QED) is 0.731. The molecule has 0 amide bonds. The van der Waals surface area contributed by atoms with Crippen molar-refractivity contribution in [3.63, 3.8) is 0 Å². The Morgan fingerprint density at radius 1 is 1.04 bits per heavy atom. The van der Waals surface area contributed by atoms with E-state index in [2.05, 4.69) is 34.7 Å². The van der Waals surface area contributed by atoms with Crippen LogP contribution >= 0.6 is 0 Å². The van der Waals surface area contributed by atoms with Crippen molar-refractivity contribution in [2.75, 3.05) is 13.1 Å². The van der Waals surface area contributed by atoms with Crippen LogP contribution < -0.4 is 0 Å². The monoisotopic (exact) mass is 359 g/mol. The second-order valence-corrected chi connectivity index (χ2v) is 9.18. The van der Waals surface area contributed by atoms with Gasteiger partial charge in [-0.3, -0.25) is 9.48 Å². The van der Waals surface area contributed by atoms with Crippen molar-refractivity contribution in [1.29, 1.82) is 0 Å². The molecule has 0 bridgehead atoms. The SMILES string of the molecule is CC(C)C(=O)CC1CCC(N2CCC(n3cc(C(C)C)cn3)CC2)CC1. The van der Waals surface area contributed by atoms with Crippen molar-refractivity contribution in [3.05, 3.63) is 18.0 Å². The summed E-state index contributed by atoms with van der Waals surface area (Å²) in [5, 5.41) is 4.62. The molecule has 26 heavy (non-hydrogen) atoms. The Labute approximate surface area is 159 Å². The maximum atomic E-state index is 12.0. The number of carbonyl (C=O) groups excluding carboxylic acids is 1. The Hall–Kier alpha value is -1.16. The molecule has 3 rings (SSSR count). The van der Waals surface area contributed by atoms with Crippen LogP contribution in [0.5, 0.6) is 0 Å². The van der Waals surface area contributed by atoms with Crippen LogP contribution in [0.25, 0.3) is 0 Å². The van der Waals surface area contributed by atoms with Crippen molar-refractivity contribution in [3.8, 4) is 0 Å². The van der Waals surface area contributed by atoms with Crippen LogP contribution in [0, 0.1) is 11.8 Å². The van der Waals surface area contributed by atoms with E-state index < -0.39 is 0 Å². The summed E-state index contributed by atoms with van der Waals surface area (Å²) in [4.78, 5) is 14.7. The van der Waals surface area contributed by atoms with Gasteiger partial charge in [-0.15, -0.1) is 0 Å². The van der Waals surface area contributed by atoms with E-state index in [1.165, 1.54) is 57.2 Å². The maximum Gasteiger partial charge on any atom is 0.135 e. The third kappa shape index (κ3) is 4.76. The second-order valence-electron chi connectivity index (χ2n) is 9.18. The molecule has 1 aromatic rings. The van der Waals surface area contributed by atoms with Crippen LogP contribution in [0.1, 0.15) is 90.2 Å². The van der Waals surface area contributed by atoms with Crippen molar-refractivity contribution in [2.45, 2.75) is 90.6 Å². The number of Topliss-reactive ketones (excluding diaryl/α,β-unsaturated/α-hetero) is 1. The van der Waals surface area contributed by atoms with Crippen LogP contribution in [0.15, 0.2) is 12.4 Å². The average molecular weight is 360 g/mol. The van der Waals surface area contributed by atoms with Gasteiger partial charge in [-0.25, -0.2) is 0 Å². The number of likely N-dealkylation sites (tertiary alicyclic amines) is 1. The van der Waals surface area contributed by atoms with Gasteiger partial charge in [-0.05, 0) is 55.9 Å². The van der Waals surface area contributed by atoms with Gasteiger partial charge in [0.25, 0.3) is 0 Å². The molecule has 2 aliphatic rings. The zero-order valence-corrected chi connectivity index (χ0v) is 17.2. The summed E-state index contributed by atoms with van der Waals surface area (Å²) in [6, 6.07) is 1.31. The first-order chi connectivity index (χ1) is 12.4. The Morgan fingerprint density at radius 2 is 1.69 bits per heavy atom. The fourth-order valence-electron chi connectivity index (χ4n) is 4.60. The van der Waals surface area contributed by atoms with Gasteiger partial charge in [0.05, 0.1) is 12.2 Å². The van der Waals surface area contributed by atoms with E-state index in [9.17, 15) is 4.79 Å². The Balaban J connectivity index is 1.43. The number of aromatic nitrogens is 2. The Bertz CT molecular complexity index is 576. The summed E-state index contributed by atoms with van der Waals surface area (Å²) >= 11 is 0. The zero-order valence-electron chi connectivity index (χ0n) is 17.2. The van der Waals surface area contributed by atoms with E-state index in [0.717, 1.165) is 12.5 Å². The highest BCUT2D eigenvalue weighted by molar-refractivity contribution is 5.80. The van der Waals surface area contributed by atoms with Crippen LogP contribution in [0.2, 0.25) is 0 Å². The van der Waals surface area contributed by atoms with E-state index >= 15 is 0 Å². The number of rotatable bonds is 6. The van der Waals surface area contributed by atoms with Gasteiger partial charge in [0.2, 0.25) is 0 Å². The number of ketones is 1. The van der Waals surface area contributed by atoms with Gasteiger partial charge < -0.3 is 4.90 Å². The van der Waals surface area contributed by atoms with E-state index in [4.69, 9.17) is 0 Å². The van der Waals surface area contributed by atoms with Gasteiger partial charge in [0.15, 0.2) is 0 Å². The molecule has 1 saturated heterocycles. The molecule has 1 aromatic heterocycles. The van der Waals surface area contributed by atoms with Crippen molar-refractivity contribution < 1.29 is 4.79 Å². The fourth-order valence-corrected chi connectivity index (χ4v) is 4.60. The molecule has 0 atom stereocenters. The van der Waals surface area contributed by atoms with E-state index in [1.807, 2.05) is 20.0 Å². The number of hydrogen-bond donors (Lipinski definition) is 0. The van der Waals surface area contributed by atoms with Crippen LogP contribution in [0.3, 0.4) is 0 Å². The van der Waals surface area contributed by atoms with Crippen molar-refractivity contribution in [2.24, 2.45) is 11.8 Å². The smallest absolute Gasteiger partial charge is 0.135 e. The molecule has 4 heteroatoms. The van der Waals surface area contributed by atoms with E-state index in [1.54, 1.807) is 0 Å². The predicted octanol–water partition coefficient (Wildman–Crippen LogP) is 4.82. The average Bonchev–Trinajstić information content (AvgIpc) is 3.13. The van der Waals surface area contributed by atoms with Crippen LogP contribution in [-0.2, 0) is 4.79 Å². The normalized spacial score (nSPS) is 25.9. The molecule has 1 aliphatic carbocycles. The van der Waals surface area contributed by atoms with Crippen LogP contribution in [0.4, 0.5) is 0 Å². The molecule has 0 aromatic carbocycles. The zero-order chi connectivity index (χ0) is 18.7. The molecule has 1 saturated carbocycles. The number of carbonyl (C=O) groups is 1. The first-order valence-corrected chi connectivity index (χ1v) is 10.7. The third-order valence-electron chi connectivity index (χ3n) is 6.63. The van der Waals surface area contributed by atoms with Gasteiger partial charge in [0, 0.05) is 37.7 Å². The molecule has 0 radical (unpaired) electrons. The summed E-state index contributed by atoms with van der Waals surface area (Å²) < 4.78 is 2.21. The topological polar surface area (TPSA) is 38.1 Å². The number of nitrogens with zero attached hydrogens (tertiary/aromatic N) is 3. The summed E-state index contributed by atoms with van der Waals surface area (Å²) in [5.41, 5.74) is 1.35. The van der Waals surface area contributed by atoms with Gasteiger partial charge in [-0.1, -0.05) is 27.7 Å². The molecule has 0 spiro atoms. The minimum Gasteiger partial charge on any atom is -0.300 e. The summed E-state index contributed by atoms with van der Waals surface area (Å²) in [6.07, 6.45) is 12.6. The summed E-state index contributed by atoms with van der Waals surface area (Å²) in [6.45, 7) is 10.9. The molecule has 4 nitrogen and oxygen atoms in total. The minimum absolute atomic E-state index is 0.199. The fraction of sp³-hybridized carbons (Fsp3) is 0.818. The molecule has 0 unspecified atom stereocenters. The lowest BCUT2D eigenvalue weighted by molar-refractivity contribution is -0.123. The lowest BCUT2D eigenvalue weighted by atomic mass is 9.81. The number of hydrogen-bond acceptors (Lipinski definition) is 3. The first kappa shape index (κ1) is 19.6. The minimum atomic E-state index is 0.199. The summed E-state index contributed by atoms with van der Waals surface area (Å²) in [5.74, 6) is 1.85. The standard InChI is InChI=1S/C22H37N3O/c1-16(2)19-14-23-25(15-19)21-9-11-24(12-10-21)20-7-5-18(6-8-20)13-22(26)17(3)4/h14-18,20-21H,5-13H2,1-4H3. The molecule has 0 N–H and O–H groups in total. The van der Waals surface area contributed by atoms with Crippen LogP contribution in [-0.4, -0.2) is 39.6 Å². The lowest BCUT2D eigenvalue weighted by Gasteiger charge is -2.40. The van der Waals surface area contributed by atoms with Gasteiger partial charge in [0.1, 0.15) is 5.78 Å². The molecule has 146 valence electrons. The van der Waals surface area contributed by atoms with Crippen molar-refractivity contribution in [1.82, 2.24) is 14.7 Å². The predicted molar refractivity (Wildman–Crippen MR) is 106 cm³/mol. The third-order valence-corrected chi connectivity index (χ3v) is 6.63. The molecule has 1 aliphatic heterocycles. The van der Waals surface area contributed by atoms with Gasteiger partial charge in [-0.2, -0.15) is 5.10 Å². The molecule has 2 heterocycles. The number of piperidine rings is 1. The van der Waals surface area contributed by atoms with Gasteiger partial charge >= 0.3 is 0 Å². The van der Waals surface area contributed by atoms with Crippen molar-refractivity contribution >= 4 is 5.78 Å². The maximum absolute atomic E-state index is 12.0. The molecule has 2 fully saturated rings. The lowest BCUT2D eigenvalue weighted by Crippen LogP contribution is -2.43. The highest BCUT2D eigenvalue weighted by Gasteiger charge is 2.30. The largest absolute Gasteiger partial charge is 0.300 e. The Morgan fingerprint density at radius 3 is 2.23 bits per heavy atom.